The van der Waals surface area contributed by atoms with E-state index in [0.717, 1.165) is 0 Å². The first-order valence-electron chi connectivity index (χ1n) is 8.54. The second-order valence-corrected chi connectivity index (χ2v) is 6.87. The Morgan fingerprint density at radius 1 is 1.29 bits per heavy atom. The predicted octanol–water partition coefficient (Wildman–Crippen LogP) is 3.80. The van der Waals surface area contributed by atoms with Gasteiger partial charge >= 0.3 is 0 Å². The highest BCUT2D eigenvalue weighted by Crippen LogP contribution is 2.33. The summed E-state index contributed by atoms with van der Waals surface area (Å²) in [5.41, 5.74) is 0.340. The molecule has 1 saturated carbocycles. The summed E-state index contributed by atoms with van der Waals surface area (Å²) in [6, 6.07) is 5.15. The third-order valence-corrected chi connectivity index (χ3v) is 4.80. The zero-order valence-electron chi connectivity index (χ0n) is 14.9. The van der Waals surface area contributed by atoms with Crippen molar-refractivity contribution in [2.24, 2.45) is 5.92 Å². The molecule has 0 saturated heterocycles. The fourth-order valence-electron chi connectivity index (χ4n) is 3.34. The van der Waals surface area contributed by atoms with Crippen molar-refractivity contribution in [1.82, 2.24) is 5.32 Å². The van der Waals surface area contributed by atoms with Crippen LogP contribution >= 0.6 is 0 Å². The Hall–Kier alpha value is -2.15. The van der Waals surface area contributed by atoms with Gasteiger partial charge in [-0.25, -0.2) is 0 Å². The number of carbonyl (C=O) groups is 1. The van der Waals surface area contributed by atoms with E-state index in [9.17, 15) is 4.79 Å². The summed E-state index contributed by atoms with van der Waals surface area (Å²) < 4.78 is 10.7. The molecule has 1 aromatic carbocycles. The molecular formula is C20H27NO3. The van der Waals surface area contributed by atoms with E-state index in [4.69, 9.17) is 15.9 Å². The van der Waals surface area contributed by atoms with E-state index in [1.54, 1.807) is 25.3 Å². The molecule has 0 spiro atoms. The van der Waals surface area contributed by atoms with Crippen LogP contribution in [-0.2, 0) is 0 Å². The number of nitrogens with one attached hydrogen (secondary N) is 1. The molecule has 130 valence electrons. The van der Waals surface area contributed by atoms with Crippen LogP contribution in [0.1, 0.15) is 56.3 Å². The van der Waals surface area contributed by atoms with Gasteiger partial charge in [0.25, 0.3) is 5.91 Å². The average molecular weight is 329 g/mol. The highest BCUT2D eigenvalue weighted by molar-refractivity contribution is 5.95. The molecule has 0 radical (unpaired) electrons. The normalized spacial score (nSPS) is 15.4. The second-order valence-electron chi connectivity index (χ2n) is 6.87. The molecule has 1 N–H and O–H groups in total. The molecule has 2 rings (SSSR count). The minimum absolute atomic E-state index is 0.0904. The van der Waals surface area contributed by atoms with Crippen LogP contribution in [0.2, 0.25) is 0 Å². The van der Waals surface area contributed by atoms with E-state index >= 15 is 0 Å². The number of benzene rings is 1. The molecule has 1 aromatic rings. The van der Waals surface area contributed by atoms with Gasteiger partial charge in [-0.3, -0.25) is 4.79 Å². The second kappa shape index (κ2) is 8.10. The topological polar surface area (TPSA) is 47.6 Å². The third-order valence-electron chi connectivity index (χ3n) is 4.80. The van der Waals surface area contributed by atoms with Gasteiger partial charge in [-0.1, -0.05) is 25.2 Å². The number of carbonyl (C=O) groups excluding carboxylic acids is 1. The molecule has 1 amide bonds. The Labute approximate surface area is 144 Å². The van der Waals surface area contributed by atoms with Crippen LogP contribution < -0.4 is 14.8 Å². The molecule has 0 bridgehead atoms. The molecule has 1 aliphatic rings. The fourth-order valence-corrected chi connectivity index (χ4v) is 3.34. The van der Waals surface area contributed by atoms with E-state index in [2.05, 4.69) is 25.1 Å². The van der Waals surface area contributed by atoms with Crippen LogP contribution in [0, 0.1) is 18.3 Å². The minimum atomic E-state index is -0.219. The summed E-state index contributed by atoms with van der Waals surface area (Å²) in [6.45, 7) is 4.39. The molecule has 0 unspecified atom stereocenters. The smallest absolute Gasteiger partial charge is 0.251 e. The average Bonchev–Trinajstić information content (AvgIpc) is 2.60. The molecule has 4 heteroatoms. The lowest BCUT2D eigenvalue weighted by molar-refractivity contribution is 0.0858. The van der Waals surface area contributed by atoms with Crippen molar-refractivity contribution in [1.29, 1.82) is 0 Å². The number of terminal acetylenes is 1. The standard InChI is InChI=1S/C20H27NO3/c1-5-13-24-17-12-11-15(14-18(17)23-4)19(22)21-20(2,3)16-9-7-6-8-10-16/h1,11-12,14,16H,6-10,13H2,2-4H3,(H,21,22). The van der Waals surface area contributed by atoms with Gasteiger partial charge < -0.3 is 14.8 Å². The summed E-state index contributed by atoms with van der Waals surface area (Å²) in [5.74, 6) is 3.90. The molecule has 0 aliphatic heterocycles. The summed E-state index contributed by atoms with van der Waals surface area (Å²) >= 11 is 0. The van der Waals surface area contributed by atoms with Crippen molar-refractivity contribution < 1.29 is 14.3 Å². The van der Waals surface area contributed by atoms with Crippen LogP contribution in [-0.4, -0.2) is 25.2 Å². The maximum Gasteiger partial charge on any atom is 0.251 e. The van der Waals surface area contributed by atoms with Crippen LogP contribution in [0.4, 0.5) is 0 Å². The van der Waals surface area contributed by atoms with Crippen molar-refractivity contribution in [3.63, 3.8) is 0 Å². The maximum atomic E-state index is 12.7. The van der Waals surface area contributed by atoms with Crippen molar-refractivity contribution in [3.05, 3.63) is 23.8 Å². The predicted molar refractivity (Wildman–Crippen MR) is 95.4 cm³/mol. The van der Waals surface area contributed by atoms with Crippen molar-refractivity contribution in [2.45, 2.75) is 51.5 Å². The molecule has 1 aliphatic carbocycles. The number of rotatable bonds is 6. The number of hydrogen-bond acceptors (Lipinski definition) is 3. The van der Waals surface area contributed by atoms with Gasteiger partial charge in [0.1, 0.15) is 6.61 Å². The highest BCUT2D eigenvalue weighted by Gasteiger charge is 2.32. The lowest BCUT2D eigenvalue weighted by Gasteiger charge is -2.37. The summed E-state index contributed by atoms with van der Waals surface area (Å²) in [7, 11) is 1.55. The first-order valence-corrected chi connectivity index (χ1v) is 8.54. The zero-order valence-corrected chi connectivity index (χ0v) is 14.9. The van der Waals surface area contributed by atoms with Crippen LogP contribution in [0.5, 0.6) is 11.5 Å². The van der Waals surface area contributed by atoms with E-state index in [1.165, 1.54) is 32.1 Å². The van der Waals surface area contributed by atoms with Crippen molar-refractivity contribution in [3.8, 4) is 23.8 Å². The number of amides is 1. The Morgan fingerprint density at radius 3 is 2.62 bits per heavy atom. The van der Waals surface area contributed by atoms with E-state index < -0.39 is 0 Å². The van der Waals surface area contributed by atoms with Crippen molar-refractivity contribution in [2.75, 3.05) is 13.7 Å². The third kappa shape index (κ3) is 4.44. The Balaban J connectivity index is 2.10. The Kier molecular flexibility index (Phi) is 6.14. The monoisotopic (exact) mass is 329 g/mol. The van der Waals surface area contributed by atoms with Gasteiger partial charge in [-0.2, -0.15) is 0 Å². The molecule has 4 nitrogen and oxygen atoms in total. The Morgan fingerprint density at radius 2 is 2.00 bits per heavy atom. The lowest BCUT2D eigenvalue weighted by Crippen LogP contribution is -2.49. The Bertz CT molecular complexity index is 610. The van der Waals surface area contributed by atoms with Crippen LogP contribution in [0.25, 0.3) is 0 Å². The minimum Gasteiger partial charge on any atom is -0.493 e. The van der Waals surface area contributed by atoms with Crippen molar-refractivity contribution >= 4 is 5.91 Å². The highest BCUT2D eigenvalue weighted by atomic mass is 16.5. The maximum absolute atomic E-state index is 12.7. The van der Waals surface area contributed by atoms with Gasteiger partial charge in [0.2, 0.25) is 0 Å². The zero-order chi connectivity index (χ0) is 17.6. The number of methoxy groups -OCH3 is 1. The lowest BCUT2D eigenvalue weighted by atomic mass is 9.76. The number of ether oxygens (including phenoxy) is 2. The van der Waals surface area contributed by atoms with Gasteiger partial charge in [0.05, 0.1) is 7.11 Å². The van der Waals surface area contributed by atoms with Crippen LogP contribution in [0.3, 0.4) is 0 Å². The van der Waals surface area contributed by atoms with Gasteiger partial charge in [-0.15, -0.1) is 6.42 Å². The summed E-state index contributed by atoms with van der Waals surface area (Å²) in [6.07, 6.45) is 11.4. The molecule has 0 atom stereocenters. The largest absolute Gasteiger partial charge is 0.493 e. The first kappa shape index (κ1) is 18.2. The van der Waals surface area contributed by atoms with Crippen LogP contribution in [0.15, 0.2) is 18.2 Å². The van der Waals surface area contributed by atoms with E-state index in [1.807, 2.05) is 0 Å². The van der Waals surface area contributed by atoms with E-state index in [0.29, 0.717) is 23.0 Å². The molecule has 0 aromatic heterocycles. The summed E-state index contributed by atoms with van der Waals surface area (Å²) in [4.78, 5) is 12.7. The molecule has 24 heavy (non-hydrogen) atoms. The van der Waals surface area contributed by atoms with Gasteiger partial charge in [0, 0.05) is 11.1 Å². The summed E-state index contributed by atoms with van der Waals surface area (Å²) in [5, 5.41) is 3.19. The molecular weight excluding hydrogens is 302 g/mol. The first-order chi connectivity index (χ1) is 11.5. The van der Waals surface area contributed by atoms with E-state index in [-0.39, 0.29) is 18.1 Å². The van der Waals surface area contributed by atoms with Gasteiger partial charge in [-0.05, 0) is 50.8 Å². The van der Waals surface area contributed by atoms with Gasteiger partial charge in [0.15, 0.2) is 11.5 Å². The number of hydrogen-bond donors (Lipinski definition) is 1. The quantitative estimate of drug-likeness (QED) is 0.808. The molecule has 0 heterocycles. The SMILES string of the molecule is C#CCOc1ccc(C(=O)NC(C)(C)C2CCCCC2)cc1OC. The molecule has 1 fully saturated rings. The fraction of sp³-hybridized carbons (Fsp3) is 0.550.